The Hall–Kier alpha value is -5.15. The molecular weight excluding hydrogens is 732 g/mol. The van der Waals surface area contributed by atoms with E-state index in [1.807, 2.05) is 60.0 Å². The number of nitrogens with one attached hydrogen (secondary N) is 1. The highest BCUT2D eigenvalue weighted by atomic mass is 16.7. The number of likely N-dealkylation sites (tertiary alicyclic amines) is 2. The van der Waals surface area contributed by atoms with E-state index in [0.717, 1.165) is 49.2 Å². The van der Waals surface area contributed by atoms with Crippen LogP contribution >= 0.6 is 0 Å². The van der Waals surface area contributed by atoms with Crippen molar-refractivity contribution in [2.45, 2.75) is 77.5 Å². The Morgan fingerprint density at radius 1 is 0.860 bits per heavy atom. The van der Waals surface area contributed by atoms with Gasteiger partial charge in [0.05, 0.1) is 6.54 Å². The highest BCUT2D eigenvalue weighted by molar-refractivity contribution is 5.91. The van der Waals surface area contributed by atoms with Gasteiger partial charge >= 0.3 is 24.1 Å². The lowest BCUT2D eigenvalue weighted by Gasteiger charge is -2.43. The van der Waals surface area contributed by atoms with Gasteiger partial charge in [0, 0.05) is 88.7 Å². The lowest BCUT2D eigenvalue weighted by molar-refractivity contribution is -0.165. The third kappa shape index (κ3) is 10.6. The minimum absolute atomic E-state index is 0.0189. The first-order chi connectivity index (χ1) is 27.4. The third-order valence-corrected chi connectivity index (χ3v) is 11.6. The number of phenolic OH excluding ortho intramolecular Hbond substituents is 1. The Morgan fingerprint density at radius 2 is 1.49 bits per heavy atom. The molecule has 0 spiro atoms. The molecule has 0 saturated carbocycles. The minimum atomic E-state index is -1.04. The maximum absolute atomic E-state index is 14.2. The van der Waals surface area contributed by atoms with E-state index in [4.69, 9.17) is 14.2 Å². The Morgan fingerprint density at radius 3 is 2.16 bits per heavy atom. The molecule has 0 aromatic heterocycles. The fourth-order valence-corrected chi connectivity index (χ4v) is 8.29. The van der Waals surface area contributed by atoms with Crippen molar-refractivity contribution in [1.82, 2.24) is 24.5 Å². The van der Waals surface area contributed by atoms with Gasteiger partial charge in [-0.2, -0.15) is 0 Å². The molecule has 308 valence electrons. The van der Waals surface area contributed by atoms with Crippen LogP contribution in [0.15, 0.2) is 48.6 Å². The summed E-state index contributed by atoms with van der Waals surface area (Å²) in [5, 5.41) is 13.4. The molecule has 4 aliphatic heterocycles. The second-order valence-electron chi connectivity index (χ2n) is 15.6. The van der Waals surface area contributed by atoms with E-state index in [0.29, 0.717) is 69.8 Å². The lowest BCUT2D eigenvalue weighted by Crippen LogP contribution is -2.55. The second-order valence-corrected chi connectivity index (χ2v) is 15.6. The van der Waals surface area contributed by atoms with Crippen LogP contribution in [-0.4, -0.2) is 150 Å². The summed E-state index contributed by atoms with van der Waals surface area (Å²) in [4.78, 5) is 74.5. The summed E-state index contributed by atoms with van der Waals surface area (Å²) in [5.74, 6) is -1.11. The number of rotatable bonds is 11. The fraction of sp³-hybridized carbons (Fsp3) is 0.548. The summed E-state index contributed by atoms with van der Waals surface area (Å²) in [6, 6.07) is 11.6. The first kappa shape index (κ1) is 41.5. The monoisotopic (exact) mass is 788 g/mol. The number of aryl methyl sites for hydroxylation is 2. The number of carbonyl (C=O) groups excluding carboxylic acids is 5. The molecule has 0 bridgehead atoms. The number of aromatic hydroxyl groups is 1. The number of benzene rings is 2. The zero-order valence-electron chi connectivity index (χ0n) is 33.4. The standard InChI is InChI=1S/C42H56N6O9/c1-28(2)40(52)56-27-55-37(49)26-44-19-21-45(22-20-44)33-10-14-46(15-11-33)39(51)36(25-31-23-29(3)38(50)30(4)24-31)57-42(54)47-16-12-34(13-17-47)48-18-9-32-7-5-6-8-35(32)43-41(48)53/h5-8,23-24,33-34,36,50H,1,9-22,25-27H2,2-4H3,(H,43,53)/t36-/m1/s1. The molecule has 2 N–H and O–H groups in total. The van der Waals surface area contributed by atoms with Crippen molar-refractivity contribution < 1.29 is 43.3 Å². The third-order valence-electron chi connectivity index (χ3n) is 11.6. The van der Waals surface area contributed by atoms with Crippen molar-refractivity contribution in [3.05, 3.63) is 70.8 Å². The Balaban J connectivity index is 1.00. The number of piperidine rings is 2. The van der Waals surface area contributed by atoms with E-state index < -0.39 is 30.9 Å². The second kappa shape index (κ2) is 18.9. The zero-order valence-corrected chi connectivity index (χ0v) is 33.4. The van der Waals surface area contributed by atoms with Crippen LogP contribution in [0.1, 0.15) is 54.9 Å². The number of amides is 4. The van der Waals surface area contributed by atoms with Crippen LogP contribution < -0.4 is 5.32 Å². The highest BCUT2D eigenvalue weighted by Crippen LogP contribution is 2.28. The molecule has 57 heavy (non-hydrogen) atoms. The van der Waals surface area contributed by atoms with Crippen LogP contribution in [-0.2, 0) is 41.4 Å². The first-order valence-corrected chi connectivity index (χ1v) is 20.0. The molecule has 0 radical (unpaired) electrons. The van der Waals surface area contributed by atoms with E-state index in [-0.39, 0.29) is 48.3 Å². The number of ether oxygens (including phenoxy) is 3. The van der Waals surface area contributed by atoms with Gasteiger partial charge in [0.15, 0.2) is 6.10 Å². The molecule has 15 nitrogen and oxygen atoms in total. The number of hydrogen-bond donors (Lipinski definition) is 2. The van der Waals surface area contributed by atoms with E-state index in [1.54, 1.807) is 9.80 Å². The largest absolute Gasteiger partial charge is 0.507 e. The van der Waals surface area contributed by atoms with E-state index in [9.17, 15) is 29.1 Å². The van der Waals surface area contributed by atoms with Crippen LogP contribution in [0.2, 0.25) is 0 Å². The van der Waals surface area contributed by atoms with E-state index in [1.165, 1.54) is 6.92 Å². The molecule has 0 aliphatic carbocycles. The van der Waals surface area contributed by atoms with Crippen molar-refractivity contribution in [2.24, 2.45) is 0 Å². The lowest BCUT2D eigenvalue weighted by atomic mass is 9.98. The maximum atomic E-state index is 14.2. The van der Waals surface area contributed by atoms with Gasteiger partial charge in [-0.05, 0) is 81.2 Å². The predicted molar refractivity (Wildman–Crippen MR) is 211 cm³/mol. The van der Waals surface area contributed by atoms with Crippen molar-refractivity contribution in [1.29, 1.82) is 0 Å². The SMILES string of the molecule is C=C(C)C(=O)OCOC(=O)CN1CCN(C2CCN(C(=O)[C@@H](Cc3cc(C)c(O)c(C)c3)OC(=O)N3CCC(N4CCc5ccccc5NC4=O)CC3)CC2)CC1. The summed E-state index contributed by atoms with van der Waals surface area (Å²) < 4.78 is 16.0. The number of nitrogens with zero attached hydrogens (tertiary/aromatic N) is 5. The number of piperazine rings is 1. The van der Waals surface area contributed by atoms with Gasteiger partial charge in [0.2, 0.25) is 6.79 Å². The molecule has 2 aromatic carbocycles. The molecule has 4 heterocycles. The summed E-state index contributed by atoms with van der Waals surface area (Å²) in [6.45, 7) is 13.7. The number of urea groups is 1. The molecule has 3 fully saturated rings. The number of para-hydroxylation sites is 1. The van der Waals surface area contributed by atoms with Crippen molar-refractivity contribution in [3.8, 4) is 5.75 Å². The van der Waals surface area contributed by atoms with E-state index in [2.05, 4.69) is 16.8 Å². The quantitative estimate of drug-likeness (QED) is 0.194. The molecular formula is C42H56N6O9. The van der Waals surface area contributed by atoms with Gasteiger partial charge in [-0.1, -0.05) is 36.9 Å². The number of carbonyl (C=O) groups is 5. The Bertz CT molecular complexity index is 1790. The average molecular weight is 789 g/mol. The summed E-state index contributed by atoms with van der Waals surface area (Å²) in [5.41, 5.74) is 4.34. The average Bonchev–Trinajstić information content (AvgIpc) is 3.37. The van der Waals surface area contributed by atoms with Crippen LogP contribution in [0.25, 0.3) is 0 Å². The zero-order chi connectivity index (χ0) is 40.6. The molecule has 4 amide bonds. The van der Waals surface area contributed by atoms with Crippen molar-refractivity contribution in [2.75, 3.05) is 77.6 Å². The minimum Gasteiger partial charge on any atom is -0.507 e. The van der Waals surface area contributed by atoms with Crippen LogP contribution in [0.4, 0.5) is 15.3 Å². The van der Waals surface area contributed by atoms with Crippen LogP contribution in [0.5, 0.6) is 5.75 Å². The van der Waals surface area contributed by atoms with Crippen LogP contribution in [0.3, 0.4) is 0 Å². The normalized spacial score (nSPS) is 19.2. The van der Waals surface area contributed by atoms with Crippen molar-refractivity contribution in [3.63, 3.8) is 0 Å². The van der Waals surface area contributed by atoms with Gasteiger partial charge in [0.1, 0.15) is 5.75 Å². The maximum Gasteiger partial charge on any atom is 0.410 e. The first-order valence-electron chi connectivity index (χ1n) is 20.0. The molecule has 3 saturated heterocycles. The number of fused-ring (bicyclic) bond motifs is 1. The summed E-state index contributed by atoms with van der Waals surface area (Å²) in [6.07, 6.45) is 2.08. The molecule has 0 unspecified atom stereocenters. The molecule has 1 atom stereocenters. The number of anilines is 1. The molecule has 15 heteroatoms. The predicted octanol–water partition coefficient (Wildman–Crippen LogP) is 3.84. The topological polar surface area (TPSA) is 162 Å². The smallest absolute Gasteiger partial charge is 0.410 e. The van der Waals surface area contributed by atoms with Gasteiger partial charge in [-0.15, -0.1) is 0 Å². The Kier molecular flexibility index (Phi) is 13.7. The number of phenols is 1. The molecule has 2 aromatic rings. The highest BCUT2D eigenvalue weighted by Gasteiger charge is 2.37. The van der Waals surface area contributed by atoms with Gasteiger partial charge in [0.25, 0.3) is 5.91 Å². The van der Waals surface area contributed by atoms with Gasteiger partial charge in [-0.25, -0.2) is 14.4 Å². The molecule has 6 rings (SSSR count). The van der Waals surface area contributed by atoms with Gasteiger partial charge in [-0.3, -0.25) is 19.4 Å². The number of esters is 2. The van der Waals surface area contributed by atoms with Crippen molar-refractivity contribution >= 4 is 35.7 Å². The number of hydrogen-bond acceptors (Lipinski definition) is 11. The summed E-state index contributed by atoms with van der Waals surface area (Å²) >= 11 is 0. The Labute approximate surface area is 334 Å². The van der Waals surface area contributed by atoms with Gasteiger partial charge < -0.3 is 39.3 Å². The van der Waals surface area contributed by atoms with E-state index >= 15 is 0 Å². The molecule has 4 aliphatic rings. The summed E-state index contributed by atoms with van der Waals surface area (Å²) in [7, 11) is 0. The van der Waals surface area contributed by atoms with Crippen LogP contribution in [0, 0.1) is 13.8 Å². The fourth-order valence-electron chi connectivity index (χ4n) is 8.29.